The molecule has 100 valence electrons. The lowest BCUT2D eigenvalue weighted by atomic mass is 9.83. The van der Waals surface area contributed by atoms with Gasteiger partial charge in [-0.1, -0.05) is 12.1 Å². The number of rotatable bonds is 5. The summed E-state index contributed by atoms with van der Waals surface area (Å²) in [6.07, 6.45) is 0. The molecule has 0 saturated carbocycles. The van der Waals surface area contributed by atoms with Crippen molar-refractivity contribution in [2.45, 2.75) is 19.3 Å². The van der Waals surface area contributed by atoms with Crippen LogP contribution < -0.4 is 11.1 Å². The zero-order valence-electron chi connectivity index (χ0n) is 11.7. The van der Waals surface area contributed by atoms with E-state index in [1.165, 1.54) is 0 Å². The number of carbonyl (C=O) groups excluding carboxylic acids is 1. The van der Waals surface area contributed by atoms with Crippen molar-refractivity contribution < 1.29 is 4.79 Å². The summed E-state index contributed by atoms with van der Waals surface area (Å²) in [4.78, 5) is 14.2. The number of carbonyl (C=O) groups is 1. The number of nitrogen functional groups attached to an aromatic ring is 1. The molecule has 0 unspecified atom stereocenters. The summed E-state index contributed by atoms with van der Waals surface area (Å²) in [5.74, 6) is 0.113. The highest BCUT2D eigenvalue weighted by Gasteiger charge is 2.31. The molecule has 0 heterocycles. The maximum Gasteiger partial charge on any atom is 0.232 e. The first-order chi connectivity index (χ1) is 8.39. The van der Waals surface area contributed by atoms with Crippen LogP contribution in [0.15, 0.2) is 24.3 Å². The van der Waals surface area contributed by atoms with E-state index in [9.17, 15) is 4.79 Å². The number of hydrogen-bond acceptors (Lipinski definition) is 3. The third-order valence-corrected chi connectivity index (χ3v) is 3.21. The van der Waals surface area contributed by atoms with Crippen LogP contribution in [0.4, 0.5) is 5.69 Å². The highest BCUT2D eigenvalue weighted by molar-refractivity contribution is 5.87. The van der Waals surface area contributed by atoms with E-state index in [-0.39, 0.29) is 5.91 Å². The van der Waals surface area contributed by atoms with Crippen LogP contribution in [0.1, 0.15) is 19.4 Å². The average Bonchev–Trinajstić information content (AvgIpc) is 2.35. The quantitative estimate of drug-likeness (QED) is 0.772. The first kappa shape index (κ1) is 14.5. The summed E-state index contributed by atoms with van der Waals surface area (Å²) in [7, 11) is 3.71. The SMILES string of the molecule is CNCCN(C)C(=O)C(C)(C)c1ccc(N)cc1. The zero-order valence-corrected chi connectivity index (χ0v) is 11.7. The minimum atomic E-state index is -0.532. The monoisotopic (exact) mass is 249 g/mol. The molecular formula is C14H23N3O. The normalized spacial score (nSPS) is 11.3. The van der Waals surface area contributed by atoms with Crippen molar-refractivity contribution in [3.8, 4) is 0 Å². The Labute approximate surface area is 109 Å². The van der Waals surface area contributed by atoms with Crippen LogP contribution >= 0.6 is 0 Å². The first-order valence-electron chi connectivity index (χ1n) is 6.15. The maximum atomic E-state index is 12.4. The molecule has 0 aromatic heterocycles. The lowest BCUT2D eigenvalue weighted by Crippen LogP contribution is -2.43. The number of hydrogen-bond donors (Lipinski definition) is 2. The van der Waals surface area contributed by atoms with Gasteiger partial charge in [-0.05, 0) is 38.6 Å². The van der Waals surface area contributed by atoms with E-state index >= 15 is 0 Å². The summed E-state index contributed by atoms with van der Waals surface area (Å²) in [5.41, 5.74) is 6.83. The van der Waals surface area contributed by atoms with Crippen LogP contribution in [0.2, 0.25) is 0 Å². The molecule has 4 heteroatoms. The number of likely N-dealkylation sites (N-methyl/N-ethyl adjacent to an activating group) is 2. The van der Waals surface area contributed by atoms with Gasteiger partial charge in [0.15, 0.2) is 0 Å². The summed E-state index contributed by atoms with van der Waals surface area (Å²) in [6, 6.07) is 7.49. The van der Waals surface area contributed by atoms with E-state index in [1.54, 1.807) is 4.90 Å². The van der Waals surface area contributed by atoms with Crippen molar-refractivity contribution in [2.24, 2.45) is 0 Å². The molecule has 0 atom stereocenters. The van der Waals surface area contributed by atoms with Crippen LogP contribution in [-0.4, -0.2) is 38.0 Å². The minimum Gasteiger partial charge on any atom is -0.399 e. The zero-order chi connectivity index (χ0) is 13.8. The molecule has 0 fully saturated rings. The number of benzene rings is 1. The molecule has 0 saturated heterocycles. The molecule has 0 spiro atoms. The fraction of sp³-hybridized carbons (Fsp3) is 0.500. The van der Waals surface area contributed by atoms with Gasteiger partial charge in [-0.2, -0.15) is 0 Å². The second-order valence-electron chi connectivity index (χ2n) is 5.08. The second kappa shape index (κ2) is 5.87. The van der Waals surface area contributed by atoms with Gasteiger partial charge in [0.25, 0.3) is 0 Å². The van der Waals surface area contributed by atoms with Gasteiger partial charge in [-0.15, -0.1) is 0 Å². The van der Waals surface area contributed by atoms with E-state index in [2.05, 4.69) is 5.32 Å². The molecule has 3 N–H and O–H groups in total. The Kier molecular flexibility index (Phi) is 4.73. The van der Waals surface area contributed by atoms with Crippen LogP contribution in [0, 0.1) is 0 Å². The van der Waals surface area contributed by atoms with E-state index in [4.69, 9.17) is 5.73 Å². The molecule has 1 rings (SSSR count). The molecule has 0 aliphatic heterocycles. The van der Waals surface area contributed by atoms with Crippen LogP contribution in [0.25, 0.3) is 0 Å². The lowest BCUT2D eigenvalue weighted by molar-refractivity contribution is -0.134. The molecule has 0 bridgehead atoms. The molecule has 1 amide bonds. The van der Waals surface area contributed by atoms with Crippen LogP contribution in [0.3, 0.4) is 0 Å². The molecule has 4 nitrogen and oxygen atoms in total. The van der Waals surface area contributed by atoms with E-state index in [0.717, 1.165) is 12.1 Å². The van der Waals surface area contributed by atoms with Crippen molar-refractivity contribution in [3.05, 3.63) is 29.8 Å². The standard InChI is InChI=1S/C14H23N3O/c1-14(2,11-5-7-12(15)8-6-11)13(18)17(4)10-9-16-3/h5-8,16H,9-10,15H2,1-4H3. The molecular weight excluding hydrogens is 226 g/mol. The molecule has 1 aromatic carbocycles. The Hall–Kier alpha value is -1.55. The Morgan fingerprint density at radius 3 is 2.39 bits per heavy atom. The van der Waals surface area contributed by atoms with Gasteiger partial charge in [0.05, 0.1) is 5.41 Å². The molecule has 0 aliphatic rings. The minimum absolute atomic E-state index is 0.113. The lowest BCUT2D eigenvalue weighted by Gasteiger charge is -2.30. The highest BCUT2D eigenvalue weighted by atomic mass is 16.2. The Bertz CT molecular complexity index is 398. The summed E-state index contributed by atoms with van der Waals surface area (Å²) < 4.78 is 0. The Morgan fingerprint density at radius 1 is 1.33 bits per heavy atom. The van der Waals surface area contributed by atoms with Crippen molar-refractivity contribution >= 4 is 11.6 Å². The fourth-order valence-electron chi connectivity index (χ4n) is 1.88. The number of nitrogens with zero attached hydrogens (tertiary/aromatic N) is 1. The van der Waals surface area contributed by atoms with Crippen LogP contribution in [-0.2, 0) is 10.2 Å². The largest absolute Gasteiger partial charge is 0.399 e. The predicted octanol–water partition coefficient (Wildman–Crippen LogP) is 1.22. The van der Waals surface area contributed by atoms with E-state index in [0.29, 0.717) is 12.2 Å². The van der Waals surface area contributed by atoms with Crippen molar-refractivity contribution in [1.29, 1.82) is 0 Å². The van der Waals surface area contributed by atoms with Gasteiger partial charge in [0, 0.05) is 25.8 Å². The predicted molar refractivity (Wildman–Crippen MR) is 75.4 cm³/mol. The molecule has 0 radical (unpaired) electrons. The van der Waals surface area contributed by atoms with Gasteiger partial charge in [0.2, 0.25) is 5.91 Å². The smallest absolute Gasteiger partial charge is 0.232 e. The maximum absolute atomic E-state index is 12.4. The van der Waals surface area contributed by atoms with E-state index in [1.807, 2.05) is 52.2 Å². The van der Waals surface area contributed by atoms with Crippen LogP contribution in [0.5, 0.6) is 0 Å². The second-order valence-corrected chi connectivity index (χ2v) is 5.08. The average molecular weight is 249 g/mol. The van der Waals surface area contributed by atoms with Crippen molar-refractivity contribution in [1.82, 2.24) is 10.2 Å². The third kappa shape index (κ3) is 3.23. The van der Waals surface area contributed by atoms with E-state index < -0.39 is 5.41 Å². The molecule has 18 heavy (non-hydrogen) atoms. The molecule has 0 aliphatic carbocycles. The summed E-state index contributed by atoms with van der Waals surface area (Å²) in [5, 5.41) is 3.04. The number of nitrogens with one attached hydrogen (secondary N) is 1. The number of amides is 1. The first-order valence-corrected chi connectivity index (χ1v) is 6.15. The van der Waals surface area contributed by atoms with Crippen molar-refractivity contribution in [3.63, 3.8) is 0 Å². The van der Waals surface area contributed by atoms with Gasteiger partial charge in [0.1, 0.15) is 0 Å². The number of anilines is 1. The van der Waals surface area contributed by atoms with Gasteiger partial charge in [-0.25, -0.2) is 0 Å². The molecule has 1 aromatic rings. The Morgan fingerprint density at radius 2 is 1.89 bits per heavy atom. The topological polar surface area (TPSA) is 58.4 Å². The summed E-state index contributed by atoms with van der Waals surface area (Å²) in [6.45, 7) is 5.38. The van der Waals surface area contributed by atoms with Crippen molar-refractivity contribution in [2.75, 3.05) is 32.9 Å². The fourth-order valence-corrected chi connectivity index (χ4v) is 1.88. The number of nitrogens with two attached hydrogens (primary N) is 1. The highest BCUT2D eigenvalue weighted by Crippen LogP contribution is 2.26. The Balaban J connectivity index is 2.84. The summed E-state index contributed by atoms with van der Waals surface area (Å²) >= 11 is 0. The van der Waals surface area contributed by atoms with Gasteiger partial charge >= 0.3 is 0 Å². The van der Waals surface area contributed by atoms with Gasteiger partial charge < -0.3 is 16.0 Å². The van der Waals surface area contributed by atoms with Gasteiger partial charge in [-0.3, -0.25) is 4.79 Å². The third-order valence-electron chi connectivity index (χ3n) is 3.21.